The Hall–Kier alpha value is -3.13. The number of nitrogens with zero attached hydrogens (tertiary/aromatic N) is 4. The molecule has 1 aromatic carbocycles. The van der Waals surface area contributed by atoms with Crippen LogP contribution in [0.3, 0.4) is 0 Å². The molecule has 4 rings (SSSR count). The first-order valence-corrected chi connectivity index (χ1v) is 9.59. The predicted molar refractivity (Wildman–Crippen MR) is 108 cm³/mol. The van der Waals surface area contributed by atoms with E-state index in [4.69, 9.17) is 21.1 Å². The second-order valence-electron chi connectivity index (χ2n) is 6.62. The number of anilines is 1. The number of ether oxygens (including phenoxy) is 2. The summed E-state index contributed by atoms with van der Waals surface area (Å²) in [7, 11) is 1.60. The molecule has 0 unspecified atom stereocenters. The van der Waals surface area contributed by atoms with Crippen LogP contribution in [0.2, 0.25) is 5.15 Å². The van der Waals surface area contributed by atoms with Gasteiger partial charge in [0.25, 0.3) is 0 Å². The highest BCUT2D eigenvalue weighted by Gasteiger charge is 2.33. The van der Waals surface area contributed by atoms with Gasteiger partial charge in [0.1, 0.15) is 5.82 Å². The number of fused-ring (bicyclic) bond motifs is 1. The van der Waals surface area contributed by atoms with Crippen LogP contribution in [0.25, 0.3) is 5.82 Å². The summed E-state index contributed by atoms with van der Waals surface area (Å²) in [4.78, 5) is 12.5. The smallest absolute Gasteiger partial charge is 0.226 e. The zero-order valence-electron chi connectivity index (χ0n) is 16.3. The standard InChI is InChI=1S/C20H20ClN5O3/c1-4-29-15-9-12(5-6-14(15)28-3)13-10-18(27)22-20-19(13)11(2)25-26(20)17-8-7-16(21)23-24-17/h5-9,13H,4,10H2,1-3H3,(H,22,27)/t13-/m1/s1. The molecule has 0 saturated carbocycles. The van der Waals surface area contributed by atoms with Gasteiger partial charge >= 0.3 is 0 Å². The number of nitrogens with one attached hydrogen (secondary N) is 1. The lowest BCUT2D eigenvalue weighted by Gasteiger charge is -2.25. The molecule has 8 nitrogen and oxygen atoms in total. The van der Waals surface area contributed by atoms with Crippen molar-refractivity contribution in [1.82, 2.24) is 20.0 Å². The third kappa shape index (κ3) is 3.51. The van der Waals surface area contributed by atoms with Gasteiger partial charge in [-0.05, 0) is 43.7 Å². The normalized spacial score (nSPS) is 15.6. The molecular weight excluding hydrogens is 394 g/mol. The van der Waals surface area contributed by atoms with Crippen LogP contribution < -0.4 is 14.8 Å². The lowest BCUT2D eigenvalue weighted by molar-refractivity contribution is -0.116. The number of carbonyl (C=O) groups excluding carboxylic acids is 1. The van der Waals surface area contributed by atoms with E-state index in [-0.39, 0.29) is 17.0 Å². The maximum absolute atomic E-state index is 12.5. The Bertz CT molecular complexity index is 1060. The number of carbonyl (C=O) groups is 1. The van der Waals surface area contributed by atoms with E-state index in [1.807, 2.05) is 32.0 Å². The highest BCUT2D eigenvalue weighted by Crippen LogP contribution is 2.42. The van der Waals surface area contributed by atoms with Crippen molar-refractivity contribution in [2.45, 2.75) is 26.2 Å². The molecule has 0 fully saturated rings. The number of halogens is 1. The van der Waals surface area contributed by atoms with Crippen molar-refractivity contribution < 1.29 is 14.3 Å². The average molecular weight is 414 g/mol. The van der Waals surface area contributed by atoms with Gasteiger partial charge in [-0.2, -0.15) is 9.78 Å². The van der Waals surface area contributed by atoms with Gasteiger partial charge in [-0.25, -0.2) is 0 Å². The monoisotopic (exact) mass is 413 g/mol. The molecule has 3 heterocycles. The van der Waals surface area contributed by atoms with Crippen molar-refractivity contribution in [2.75, 3.05) is 19.0 Å². The fourth-order valence-electron chi connectivity index (χ4n) is 3.60. The number of aromatic nitrogens is 4. The van der Waals surface area contributed by atoms with E-state index < -0.39 is 0 Å². The van der Waals surface area contributed by atoms with Crippen molar-refractivity contribution in [3.63, 3.8) is 0 Å². The highest BCUT2D eigenvalue weighted by atomic mass is 35.5. The minimum Gasteiger partial charge on any atom is -0.493 e. The van der Waals surface area contributed by atoms with Crippen LogP contribution >= 0.6 is 11.6 Å². The van der Waals surface area contributed by atoms with Gasteiger partial charge < -0.3 is 14.8 Å². The summed E-state index contributed by atoms with van der Waals surface area (Å²) in [6.45, 7) is 4.35. The average Bonchev–Trinajstić information content (AvgIpc) is 3.04. The maximum Gasteiger partial charge on any atom is 0.226 e. The van der Waals surface area contributed by atoms with Crippen LogP contribution in [0.1, 0.15) is 36.1 Å². The molecule has 2 aromatic heterocycles. The van der Waals surface area contributed by atoms with Gasteiger partial charge in [-0.3, -0.25) is 4.79 Å². The molecule has 1 aliphatic rings. The highest BCUT2D eigenvalue weighted by molar-refractivity contribution is 6.29. The molecule has 0 saturated heterocycles. The Morgan fingerprint density at radius 2 is 2.07 bits per heavy atom. The van der Waals surface area contributed by atoms with E-state index in [2.05, 4.69) is 20.6 Å². The van der Waals surface area contributed by atoms with Gasteiger partial charge in [0.15, 0.2) is 22.5 Å². The van der Waals surface area contributed by atoms with Crippen molar-refractivity contribution in [3.05, 3.63) is 52.3 Å². The zero-order chi connectivity index (χ0) is 20.5. The van der Waals surface area contributed by atoms with Gasteiger partial charge in [0, 0.05) is 17.9 Å². The van der Waals surface area contributed by atoms with Gasteiger partial charge in [0.2, 0.25) is 5.91 Å². The Labute approximate surface area is 172 Å². The summed E-state index contributed by atoms with van der Waals surface area (Å²) in [5.74, 6) is 2.10. The Morgan fingerprint density at radius 3 is 2.76 bits per heavy atom. The summed E-state index contributed by atoms with van der Waals surface area (Å²) >= 11 is 5.84. The number of aryl methyl sites for hydroxylation is 1. The number of benzene rings is 1. The molecule has 1 atom stereocenters. The van der Waals surface area contributed by atoms with Gasteiger partial charge in [-0.15, -0.1) is 10.2 Å². The lowest BCUT2D eigenvalue weighted by atomic mass is 9.85. The Morgan fingerprint density at radius 1 is 1.24 bits per heavy atom. The van der Waals surface area contributed by atoms with Crippen LogP contribution in [0.15, 0.2) is 30.3 Å². The van der Waals surface area contributed by atoms with Gasteiger partial charge in [0.05, 0.1) is 19.4 Å². The van der Waals surface area contributed by atoms with E-state index >= 15 is 0 Å². The molecule has 3 aromatic rings. The number of hydrogen-bond donors (Lipinski definition) is 1. The number of methoxy groups -OCH3 is 1. The first-order chi connectivity index (χ1) is 14.0. The van der Waals surface area contributed by atoms with Crippen molar-refractivity contribution in [3.8, 4) is 17.3 Å². The summed E-state index contributed by atoms with van der Waals surface area (Å²) in [6.07, 6.45) is 0.309. The largest absolute Gasteiger partial charge is 0.493 e. The molecule has 0 bridgehead atoms. The topological polar surface area (TPSA) is 91.2 Å². The molecule has 1 N–H and O–H groups in total. The van der Waals surface area contributed by atoms with Crippen molar-refractivity contribution in [1.29, 1.82) is 0 Å². The molecule has 0 spiro atoms. The van der Waals surface area contributed by atoms with E-state index in [1.54, 1.807) is 23.9 Å². The molecule has 1 aliphatic heterocycles. The second-order valence-corrected chi connectivity index (χ2v) is 7.01. The Kier molecular flexibility index (Phi) is 5.10. The zero-order valence-corrected chi connectivity index (χ0v) is 17.0. The fourth-order valence-corrected chi connectivity index (χ4v) is 3.70. The molecule has 150 valence electrons. The number of hydrogen-bond acceptors (Lipinski definition) is 6. The van der Waals surface area contributed by atoms with E-state index in [0.717, 1.165) is 16.8 Å². The van der Waals surface area contributed by atoms with E-state index in [1.165, 1.54) is 0 Å². The van der Waals surface area contributed by atoms with Crippen molar-refractivity contribution in [2.24, 2.45) is 0 Å². The quantitative estimate of drug-likeness (QED) is 0.688. The molecule has 29 heavy (non-hydrogen) atoms. The minimum absolute atomic E-state index is 0.0978. The molecule has 9 heteroatoms. The Balaban J connectivity index is 1.82. The summed E-state index contributed by atoms with van der Waals surface area (Å²) < 4.78 is 12.7. The van der Waals surface area contributed by atoms with Crippen molar-refractivity contribution >= 4 is 23.3 Å². The molecule has 0 radical (unpaired) electrons. The van der Waals surface area contributed by atoms with Crippen LogP contribution in [-0.2, 0) is 4.79 Å². The second kappa shape index (κ2) is 7.71. The number of rotatable bonds is 5. The van der Waals surface area contributed by atoms with Crippen LogP contribution in [0, 0.1) is 6.92 Å². The molecule has 0 aliphatic carbocycles. The molecule has 1 amide bonds. The summed E-state index contributed by atoms with van der Waals surface area (Å²) in [5, 5.41) is 15.8. The SMILES string of the molecule is CCOc1cc([C@H]2CC(=O)Nc3c2c(C)nn3-c2ccc(Cl)nn2)ccc1OC. The number of amides is 1. The minimum atomic E-state index is -0.169. The first-order valence-electron chi connectivity index (χ1n) is 9.21. The van der Waals surface area contributed by atoms with E-state index in [0.29, 0.717) is 36.2 Å². The predicted octanol–water partition coefficient (Wildman–Crippen LogP) is 3.51. The van der Waals surface area contributed by atoms with Crippen LogP contribution in [0.4, 0.5) is 5.82 Å². The van der Waals surface area contributed by atoms with Crippen LogP contribution in [0.5, 0.6) is 11.5 Å². The third-order valence-corrected chi connectivity index (χ3v) is 5.03. The summed E-state index contributed by atoms with van der Waals surface area (Å²) in [5.41, 5.74) is 2.69. The fraction of sp³-hybridized carbons (Fsp3) is 0.300. The van der Waals surface area contributed by atoms with E-state index in [9.17, 15) is 4.79 Å². The third-order valence-electron chi connectivity index (χ3n) is 4.83. The first kappa shape index (κ1) is 19.2. The summed E-state index contributed by atoms with van der Waals surface area (Å²) in [6, 6.07) is 9.07. The maximum atomic E-state index is 12.5. The lowest BCUT2D eigenvalue weighted by Crippen LogP contribution is -2.25. The molecular formula is C20H20ClN5O3. The van der Waals surface area contributed by atoms with Gasteiger partial charge in [-0.1, -0.05) is 17.7 Å². The van der Waals surface area contributed by atoms with Crippen LogP contribution in [-0.4, -0.2) is 39.6 Å².